The summed E-state index contributed by atoms with van der Waals surface area (Å²) < 4.78 is 0. The van der Waals surface area contributed by atoms with Gasteiger partial charge in [0.05, 0.1) is 11.4 Å². The van der Waals surface area contributed by atoms with Crippen LogP contribution in [-0.4, -0.2) is 17.0 Å². The number of hydrogen-bond acceptors (Lipinski definition) is 4. The Morgan fingerprint density at radius 3 is 2.80 bits per heavy atom. The molecule has 20 heavy (non-hydrogen) atoms. The minimum absolute atomic E-state index is 0.113. The van der Waals surface area contributed by atoms with Gasteiger partial charge in [0.2, 0.25) is 0 Å². The van der Waals surface area contributed by atoms with Crippen molar-refractivity contribution < 1.29 is 4.79 Å². The van der Waals surface area contributed by atoms with Crippen LogP contribution in [0.5, 0.6) is 0 Å². The third-order valence-electron chi connectivity index (χ3n) is 3.26. The molecule has 2 heterocycles. The van der Waals surface area contributed by atoms with Gasteiger partial charge in [-0.05, 0) is 11.6 Å². The number of pyridine rings is 1. The van der Waals surface area contributed by atoms with Crippen molar-refractivity contribution in [2.75, 3.05) is 0 Å². The molecule has 4 nitrogen and oxygen atoms in total. The third-order valence-corrected chi connectivity index (χ3v) is 3.26. The standard InChI is InChI=1S/C16H15N3O/c20-15-7-9-19-16-13(15)6-8-18-14(16)11-17-10-12-4-2-1-3-5-12/h1-6,8-9,17H,7,10-11H2. The zero-order valence-electron chi connectivity index (χ0n) is 11.0. The second-order valence-corrected chi connectivity index (χ2v) is 4.68. The first kappa shape index (κ1) is 12.7. The molecule has 0 saturated carbocycles. The molecule has 3 rings (SSSR count). The van der Waals surface area contributed by atoms with E-state index in [0.717, 1.165) is 12.2 Å². The quantitative estimate of drug-likeness (QED) is 0.924. The van der Waals surface area contributed by atoms with Gasteiger partial charge in [0.1, 0.15) is 0 Å². The molecule has 0 atom stereocenters. The Balaban J connectivity index is 1.71. The topological polar surface area (TPSA) is 54.4 Å². The van der Waals surface area contributed by atoms with Crippen molar-refractivity contribution in [1.82, 2.24) is 10.3 Å². The van der Waals surface area contributed by atoms with E-state index in [-0.39, 0.29) is 5.78 Å². The van der Waals surface area contributed by atoms with Crippen LogP contribution in [0.25, 0.3) is 0 Å². The predicted octanol–water partition coefficient (Wildman–Crippen LogP) is 2.66. The van der Waals surface area contributed by atoms with E-state index in [1.165, 1.54) is 5.56 Å². The minimum atomic E-state index is 0.113. The summed E-state index contributed by atoms with van der Waals surface area (Å²) in [5.74, 6) is 0.113. The lowest BCUT2D eigenvalue weighted by Crippen LogP contribution is -2.15. The second-order valence-electron chi connectivity index (χ2n) is 4.68. The Kier molecular flexibility index (Phi) is 3.65. The van der Waals surface area contributed by atoms with Gasteiger partial charge in [-0.3, -0.25) is 14.8 Å². The fourth-order valence-corrected chi connectivity index (χ4v) is 2.25. The summed E-state index contributed by atoms with van der Waals surface area (Å²) in [4.78, 5) is 20.4. The van der Waals surface area contributed by atoms with Crippen molar-refractivity contribution in [2.45, 2.75) is 19.5 Å². The molecule has 1 aromatic carbocycles. The lowest BCUT2D eigenvalue weighted by atomic mass is 10.0. The number of fused-ring (bicyclic) bond motifs is 1. The maximum atomic E-state index is 11.8. The summed E-state index contributed by atoms with van der Waals surface area (Å²) in [6.07, 6.45) is 3.72. The van der Waals surface area contributed by atoms with Crippen molar-refractivity contribution in [3.8, 4) is 0 Å². The highest BCUT2D eigenvalue weighted by atomic mass is 16.1. The molecule has 0 saturated heterocycles. The first-order valence-corrected chi connectivity index (χ1v) is 6.63. The molecule has 1 aromatic heterocycles. The van der Waals surface area contributed by atoms with E-state index in [2.05, 4.69) is 27.4 Å². The van der Waals surface area contributed by atoms with Gasteiger partial charge >= 0.3 is 0 Å². The van der Waals surface area contributed by atoms with Gasteiger partial charge in [-0.1, -0.05) is 30.3 Å². The number of aromatic nitrogens is 1. The molecule has 0 bridgehead atoms. The van der Waals surface area contributed by atoms with Gasteiger partial charge < -0.3 is 5.32 Å². The maximum absolute atomic E-state index is 11.8. The Morgan fingerprint density at radius 2 is 1.95 bits per heavy atom. The number of nitrogens with zero attached hydrogens (tertiary/aromatic N) is 2. The maximum Gasteiger partial charge on any atom is 0.170 e. The van der Waals surface area contributed by atoms with E-state index in [9.17, 15) is 4.79 Å². The average molecular weight is 265 g/mol. The molecule has 4 heteroatoms. The Labute approximate surface area is 117 Å². The van der Waals surface area contributed by atoms with Gasteiger partial charge in [-0.25, -0.2) is 0 Å². The van der Waals surface area contributed by atoms with Gasteiger partial charge in [-0.2, -0.15) is 0 Å². The predicted molar refractivity (Wildman–Crippen MR) is 78.3 cm³/mol. The summed E-state index contributed by atoms with van der Waals surface area (Å²) in [6.45, 7) is 1.37. The summed E-state index contributed by atoms with van der Waals surface area (Å²) in [6, 6.07) is 11.9. The monoisotopic (exact) mass is 265 g/mol. The molecule has 2 aromatic rings. The fourth-order valence-electron chi connectivity index (χ4n) is 2.25. The highest BCUT2D eigenvalue weighted by Crippen LogP contribution is 2.26. The molecule has 0 unspecified atom stereocenters. The second kappa shape index (κ2) is 5.75. The van der Waals surface area contributed by atoms with E-state index >= 15 is 0 Å². The largest absolute Gasteiger partial charge is 0.307 e. The fraction of sp³-hybridized carbons (Fsp3) is 0.188. The van der Waals surface area contributed by atoms with Crippen LogP contribution in [0.2, 0.25) is 0 Å². The number of benzene rings is 1. The van der Waals surface area contributed by atoms with Crippen molar-refractivity contribution >= 4 is 17.7 Å². The van der Waals surface area contributed by atoms with Crippen molar-refractivity contribution in [3.05, 3.63) is 59.4 Å². The highest BCUT2D eigenvalue weighted by Gasteiger charge is 2.17. The SMILES string of the molecule is O=C1CC=Nc2c1ccnc2CNCc1ccccc1. The molecule has 1 N–H and O–H groups in total. The molecular weight excluding hydrogens is 250 g/mol. The van der Waals surface area contributed by atoms with Crippen LogP contribution in [0.4, 0.5) is 5.69 Å². The van der Waals surface area contributed by atoms with E-state index in [1.54, 1.807) is 18.5 Å². The van der Waals surface area contributed by atoms with Gasteiger partial charge in [0.15, 0.2) is 5.78 Å². The molecule has 0 aliphatic carbocycles. The number of ketones is 1. The smallest absolute Gasteiger partial charge is 0.170 e. The van der Waals surface area contributed by atoms with Crippen molar-refractivity contribution in [2.24, 2.45) is 4.99 Å². The summed E-state index contributed by atoms with van der Waals surface area (Å²) in [5.41, 5.74) is 3.43. The van der Waals surface area contributed by atoms with Gasteiger partial charge in [-0.15, -0.1) is 0 Å². The van der Waals surface area contributed by atoms with Crippen LogP contribution in [0.3, 0.4) is 0 Å². The van der Waals surface area contributed by atoms with E-state index in [0.29, 0.717) is 24.2 Å². The zero-order chi connectivity index (χ0) is 13.8. The van der Waals surface area contributed by atoms with Crippen LogP contribution in [-0.2, 0) is 13.1 Å². The first-order valence-electron chi connectivity index (χ1n) is 6.63. The first-order chi connectivity index (χ1) is 9.84. The molecule has 1 aliphatic heterocycles. The number of hydrogen-bond donors (Lipinski definition) is 1. The molecule has 0 radical (unpaired) electrons. The van der Waals surface area contributed by atoms with Crippen molar-refractivity contribution in [3.63, 3.8) is 0 Å². The number of nitrogens with one attached hydrogen (secondary N) is 1. The molecule has 0 amide bonds. The van der Waals surface area contributed by atoms with E-state index in [1.807, 2.05) is 18.2 Å². The van der Waals surface area contributed by atoms with Crippen molar-refractivity contribution in [1.29, 1.82) is 0 Å². The zero-order valence-corrected chi connectivity index (χ0v) is 11.0. The lowest BCUT2D eigenvalue weighted by molar-refractivity contribution is 0.100. The normalized spacial score (nSPS) is 13.3. The van der Waals surface area contributed by atoms with Crippen LogP contribution in [0.15, 0.2) is 47.6 Å². The number of Topliss-reactive ketones (excluding diaryl/α,β-unsaturated/α-hetero) is 1. The molecule has 0 spiro atoms. The number of carbonyl (C=O) groups excluding carboxylic acids is 1. The van der Waals surface area contributed by atoms with Crippen LogP contribution in [0, 0.1) is 0 Å². The molecular formula is C16H15N3O. The van der Waals surface area contributed by atoms with Crippen LogP contribution in [0.1, 0.15) is 28.0 Å². The minimum Gasteiger partial charge on any atom is -0.307 e. The number of rotatable bonds is 4. The Morgan fingerprint density at radius 1 is 1.10 bits per heavy atom. The number of aliphatic imine (C=N–C) groups is 1. The van der Waals surface area contributed by atoms with Crippen LogP contribution < -0.4 is 5.32 Å². The average Bonchev–Trinajstić information content (AvgIpc) is 2.49. The Bertz CT molecular complexity index is 650. The molecule has 0 fully saturated rings. The van der Waals surface area contributed by atoms with Crippen LogP contribution >= 0.6 is 0 Å². The van der Waals surface area contributed by atoms with Gasteiger partial charge in [0.25, 0.3) is 0 Å². The lowest BCUT2D eigenvalue weighted by Gasteiger charge is -2.12. The van der Waals surface area contributed by atoms with Gasteiger partial charge in [0, 0.05) is 37.5 Å². The third kappa shape index (κ3) is 2.65. The Hall–Kier alpha value is -2.33. The summed E-state index contributed by atoms with van der Waals surface area (Å²) >= 11 is 0. The highest BCUT2D eigenvalue weighted by molar-refractivity contribution is 6.10. The molecule has 1 aliphatic rings. The van der Waals surface area contributed by atoms with E-state index in [4.69, 9.17) is 0 Å². The van der Waals surface area contributed by atoms with E-state index < -0.39 is 0 Å². The molecule has 100 valence electrons. The summed E-state index contributed by atoms with van der Waals surface area (Å²) in [5, 5.41) is 3.34. The number of carbonyl (C=O) groups is 1. The summed E-state index contributed by atoms with van der Waals surface area (Å²) in [7, 11) is 0.